The molecule has 1 heterocycles. The van der Waals surface area contributed by atoms with E-state index < -0.39 is 0 Å². The van der Waals surface area contributed by atoms with Gasteiger partial charge in [0.1, 0.15) is 18.1 Å². The molecule has 0 radical (unpaired) electrons. The molecule has 0 saturated heterocycles. The summed E-state index contributed by atoms with van der Waals surface area (Å²) in [5.74, 6) is 3.02. The molecule has 0 spiro atoms. The smallest absolute Gasteiger partial charge is 0.296 e. The molecule has 124 valence electrons. The second kappa shape index (κ2) is 7.11. The summed E-state index contributed by atoms with van der Waals surface area (Å²) in [6.07, 6.45) is 6.82. The Morgan fingerprint density at radius 1 is 1.40 bits per heavy atom. The minimum absolute atomic E-state index is 0.109. The Kier molecular flexibility index (Phi) is 4.73. The van der Waals surface area contributed by atoms with Gasteiger partial charge in [0.25, 0.3) is 5.56 Å². The number of aryl methyl sites for hydroxylation is 1. The molecule has 0 atom stereocenters. The lowest BCUT2D eigenvalue weighted by atomic mass is 10.0. The molecule has 0 aliphatic carbocycles. The molecule has 0 aliphatic rings. The third-order valence-electron chi connectivity index (χ3n) is 3.56. The van der Waals surface area contributed by atoms with Crippen LogP contribution in [-0.4, -0.2) is 27.7 Å². The Morgan fingerprint density at radius 3 is 3.00 bits per heavy atom. The summed E-state index contributed by atoms with van der Waals surface area (Å²) in [6, 6.07) is 11.5. The van der Waals surface area contributed by atoms with Gasteiger partial charge in [0.15, 0.2) is 0 Å². The van der Waals surface area contributed by atoms with Gasteiger partial charge in [-0.2, -0.15) is 14.9 Å². The van der Waals surface area contributed by atoms with Gasteiger partial charge in [-0.1, -0.05) is 36.3 Å². The molecule has 0 bridgehead atoms. The van der Waals surface area contributed by atoms with Crippen LogP contribution in [0, 0.1) is 24.0 Å². The summed E-state index contributed by atoms with van der Waals surface area (Å²) in [5, 5.41) is 12.6. The van der Waals surface area contributed by atoms with E-state index in [1.807, 2.05) is 36.4 Å². The molecule has 0 fully saturated rings. The lowest BCUT2D eigenvalue weighted by Gasteiger charge is -2.10. The second-order valence-corrected chi connectivity index (χ2v) is 5.55. The van der Waals surface area contributed by atoms with Crippen molar-refractivity contribution < 1.29 is 4.74 Å². The van der Waals surface area contributed by atoms with Crippen LogP contribution in [0.25, 0.3) is 10.8 Å². The van der Waals surface area contributed by atoms with Crippen molar-refractivity contribution in [3.05, 3.63) is 62.8 Å². The second-order valence-electron chi connectivity index (χ2n) is 5.17. The number of rotatable bonds is 4. The number of hydrogen-bond donors (Lipinski definition) is 1. The fourth-order valence-electron chi connectivity index (χ4n) is 2.35. The van der Waals surface area contributed by atoms with Gasteiger partial charge < -0.3 is 4.74 Å². The van der Waals surface area contributed by atoms with Crippen molar-refractivity contribution in [3.8, 4) is 18.1 Å². The normalized spacial score (nSPS) is 10.9. The first-order valence-electron chi connectivity index (χ1n) is 7.42. The molecular formula is C18H14N4O2S. The van der Waals surface area contributed by atoms with Gasteiger partial charge in [-0.15, -0.1) is 6.42 Å². The number of ether oxygens (including phenoxy) is 1. The van der Waals surface area contributed by atoms with Crippen molar-refractivity contribution in [1.29, 1.82) is 0 Å². The number of fused-ring (bicyclic) bond motifs is 1. The van der Waals surface area contributed by atoms with Crippen molar-refractivity contribution in [2.75, 3.05) is 6.61 Å². The highest BCUT2D eigenvalue weighted by atomic mass is 32.1. The van der Waals surface area contributed by atoms with E-state index in [1.54, 1.807) is 13.1 Å². The SMILES string of the molecule is C#CCOc1ccc2ccccc2c1/C=N\n1c(=S)[nH]nc(C)c1=O. The van der Waals surface area contributed by atoms with Crippen LogP contribution in [0.5, 0.6) is 5.75 Å². The summed E-state index contributed by atoms with van der Waals surface area (Å²) in [4.78, 5) is 12.2. The Labute approximate surface area is 148 Å². The topological polar surface area (TPSA) is 72.3 Å². The Hall–Kier alpha value is -3.24. The van der Waals surface area contributed by atoms with Gasteiger partial charge in [0.05, 0.1) is 6.21 Å². The highest BCUT2D eigenvalue weighted by Crippen LogP contribution is 2.26. The monoisotopic (exact) mass is 350 g/mol. The average Bonchev–Trinajstić information content (AvgIpc) is 2.63. The minimum atomic E-state index is -0.383. The highest BCUT2D eigenvalue weighted by molar-refractivity contribution is 7.71. The molecule has 3 rings (SSSR count). The minimum Gasteiger partial charge on any atom is -0.480 e. The summed E-state index contributed by atoms with van der Waals surface area (Å²) < 4.78 is 6.80. The summed E-state index contributed by atoms with van der Waals surface area (Å²) in [6.45, 7) is 1.71. The third kappa shape index (κ3) is 3.34. The number of nitrogens with one attached hydrogen (secondary N) is 1. The molecule has 0 unspecified atom stereocenters. The van der Waals surface area contributed by atoms with Crippen LogP contribution in [0.15, 0.2) is 46.3 Å². The molecule has 0 saturated carbocycles. The lowest BCUT2D eigenvalue weighted by Crippen LogP contribution is -2.22. The Bertz CT molecular complexity index is 1120. The number of nitrogens with zero attached hydrogens (tertiary/aromatic N) is 3. The number of aromatic amines is 1. The lowest BCUT2D eigenvalue weighted by molar-refractivity contribution is 0.370. The van der Waals surface area contributed by atoms with E-state index in [2.05, 4.69) is 21.2 Å². The van der Waals surface area contributed by atoms with Gasteiger partial charge in [0.2, 0.25) is 4.77 Å². The average molecular weight is 350 g/mol. The van der Waals surface area contributed by atoms with Gasteiger partial charge in [-0.3, -0.25) is 9.89 Å². The Balaban J connectivity index is 2.18. The standard InChI is InChI=1S/C18H14N4O2S/c1-3-10-24-16-9-8-13-6-4-5-7-14(13)15(16)11-19-22-17(23)12(2)20-21-18(22)25/h1,4-9,11H,10H2,2H3,(H,21,25)/b19-11-. The van der Waals surface area contributed by atoms with Gasteiger partial charge in [-0.25, -0.2) is 0 Å². The van der Waals surface area contributed by atoms with Crippen LogP contribution in [0.3, 0.4) is 0 Å². The summed E-state index contributed by atoms with van der Waals surface area (Å²) >= 11 is 5.09. The van der Waals surface area contributed by atoms with Crippen molar-refractivity contribution in [2.24, 2.45) is 5.10 Å². The molecule has 2 aromatic carbocycles. The molecular weight excluding hydrogens is 336 g/mol. The zero-order valence-electron chi connectivity index (χ0n) is 13.4. The summed E-state index contributed by atoms with van der Waals surface area (Å²) in [5.41, 5.74) is 0.600. The molecule has 0 aliphatic heterocycles. The van der Waals surface area contributed by atoms with E-state index in [9.17, 15) is 4.79 Å². The predicted molar refractivity (Wildman–Crippen MR) is 99.7 cm³/mol. The van der Waals surface area contributed by atoms with Crippen LogP contribution >= 0.6 is 12.2 Å². The van der Waals surface area contributed by atoms with Gasteiger partial charge in [-0.05, 0) is 36.0 Å². The molecule has 0 amide bonds. The first-order chi connectivity index (χ1) is 12.1. The Morgan fingerprint density at radius 2 is 2.20 bits per heavy atom. The van der Waals surface area contributed by atoms with E-state index in [1.165, 1.54) is 0 Å². The molecule has 3 aromatic rings. The quantitative estimate of drug-likeness (QED) is 0.446. The van der Waals surface area contributed by atoms with E-state index >= 15 is 0 Å². The maximum Gasteiger partial charge on any atom is 0.296 e. The van der Waals surface area contributed by atoms with Crippen LogP contribution in [-0.2, 0) is 0 Å². The van der Waals surface area contributed by atoms with Crippen molar-refractivity contribution >= 4 is 29.2 Å². The largest absolute Gasteiger partial charge is 0.480 e. The van der Waals surface area contributed by atoms with Gasteiger partial charge in [0, 0.05) is 5.56 Å². The van der Waals surface area contributed by atoms with Crippen molar-refractivity contribution in [1.82, 2.24) is 14.9 Å². The zero-order chi connectivity index (χ0) is 17.8. The van der Waals surface area contributed by atoms with E-state index in [0.717, 1.165) is 15.4 Å². The number of benzene rings is 2. The third-order valence-corrected chi connectivity index (χ3v) is 3.82. The first kappa shape index (κ1) is 16.6. The van der Waals surface area contributed by atoms with Crippen LogP contribution < -0.4 is 10.3 Å². The highest BCUT2D eigenvalue weighted by Gasteiger charge is 2.08. The fourth-order valence-corrected chi connectivity index (χ4v) is 2.52. The maximum absolute atomic E-state index is 12.2. The number of terminal acetylenes is 1. The maximum atomic E-state index is 12.2. The fraction of sp³-hybridized carbons (Fsp3) is 0.111. The van der Waals surface area contributed by atoms with E-state index in [4.69, 9.17) is 23.4 Å². The molecule has 1 aromatic heterocycles. The molecule has 25 heavy (non-hydrogen) atoms. The van der Waals surface area contributed by atoms with Crippen LogP contribution in [0.1, 0.15) is 11.3 Å². The number of hydrogen-bond acceptors (Lipinski definition) is 5. The van der Waals surface area contributed by atoms with E-state index in [-0.39, 0.29) is 22.6 Å². The zero-order valence-corrected chi connectivity index (χ0v) is 14.2. The van der Waals surface area contributed by atoms with Gasteiger partial charge >= 0.3 is 0 Å². The predicted octanol–water partition coefficient (Wildman–Crippen LogP) is 2.66. The van der Waals surface area contributed by atoms with Crippen LogP contribution in [0.2, 0.25) is 0 Å². The molecule has 1 N–H and O–H groups in total. The van der Waals surface area contributed by atoms with Crippen molar-refractivity contribution in [2.45, 2.75) is 6.92 Å². The molecule has 6 nitrogen and oxygen atoms in total. The number of H-pyrrole nitrogens is 1. The van der Waals surface area contributed by atoms with E-state index in [0.29, 0.717) is 11.3 Å². The first-order valence-corrected chi connectivity index (χ1v) is 7.83. The summed E-state index contributed by atoms with van der Waals surface area (Å²) in [7, 11) is 0. The number of aromatic nitrogens is 3. The van der Waals surface area contributed by atoms with Crippen molar-refractivity contribution in [3.63, 3.8) is 0 Å². The van der Waals surface area contributed by atoms with Crippen LogP contribution in [0.4, 0.5) is 0 Å². The molecule has 7 heteroatoms.